The Morgan fingerprint density at radius 1 is 1.42 bits per heavy atom. The zero-order valence-corrected chi connectivity index (χ0v) is 11.2. The van der Waals surface area contributed by atoms with E-state index in [1.165, 1.54) is 0 Å². The topological polar surface area (TPSA) is 59.0 Å². The quantitative estimate of drug-likeness (QED) is 0.893. The van der Waals surface area contributed by atoms with E-state index in [0.29, 0.717) is 12.4 Å². The Labute approximate surface area is 116 Å². The van der Waals surface area contributed by atoms with Gasteiger partial charge < -0.3 is 14.6 Å². The van der Waals surface area contributed by atoms with Crippen LogP contribution < -0.4 is 4.74 Å². The molecular formula is C13H16ClNO4. The molecule has 0 unspecified atom stereocenters. The maximum Gasteiger partial charge on any atom is 0.341 e. The first-order valence-electron chi connectivity index (χ1n) is 6.13. The summed E-state index contributed by atoms with van der Waals surface area (Å²) in [5.74, 6) is -0.764. The number of halogens is 1. The Hall–Kier alpha value is -1.30. The third-order valence-electron chi connectivity index (χ3n) is 2.96. The molecule has 0 aliphatic carbocycles. The van der Waals surface area contributed by atoms with Gasteiger partial charge >= 0.3 is 5.97 Å². The van der Waals surface area contributed by atoms with Crippen molar-refractivity contribution < 1.29 is 19.4 Å². The maximum atomic E-state index is 11.1. The molecule has 1 heterocycles. The molecule has 1 aliphatic heterocycles. The molecule has 0 atom stereocenters. The first-order valence-corrected chi connectivity index (χ1v) is 6.51. The van der Waals surface area contributed by atoms with Gasteiger partial charge in [-0.1, -0.05) is 17.7 Å². The largest absolute Gasteiger partial charge is 0.491 e. The summed E-state index contributed by atoms with van der Waals surface area (Å²) in [4.78, 5) is 13.3. The molecule has 1 aliphatic rings. The maximum absolute atomic E-state index is 11.1. The molecule has 1 fully saturated rings. The lowest BCUT2D eigenvalue weighted by Gasteiger charge is -2.26. The highest BCUT2D eigenvalue weighted by molar-refractivity contribution is 6.33. The number of carboxylic acids is 1. The number of carbonyl (C=O) groups is 1. The van der Waals surface area contributed by atoms with Gasteiger partial charge in [0.2, 0.25) is 0 Å². The highest BCUT2D eigenvalue weighted by Crippen LogP contribution is 2.26. The summed E-state index contributed by atoms with van der Waals surface area (Å²) in [6.45, 7) is 4.40. The van der Waals surface area contributed by atoms with Gasteiger partial charge in [-0.05, 0) is 12.1 Å². The van der Waals surface area contributed by atoms with Gasteiger partial charge in [0.05, 0.1) is 18.2 Å². The van der Waals surface area contributed by atoms with Crippen molar-refractivity contribution in [1.29, 1.82) is 0 Å². The van der Waals surface area contributed by atoms with Crippen LogP contribution in [0.4, 0.5) is 0 Å². The first kappa shape index (κ1) is 14.1. The van der Waals surface area contributed by atoms with Gasteiger partial charge in [0.1, 0.15) is 17.9 Å². The molecule has 6 heteroatoms. The van der Waals surface area contributed by atoms with Crippen molar-refractivity contribution in [2.24, 2.45) is 0 Å². The Bertz CT molecular complexity index is 446. The lowest BCUT2D eigenvalue weighted by atomic mass is 10.2. The number of nitrogens with zero attached hydrogens (tertiary/aromatic N) is 1. The fourth-order valence-corrected chi connectivity index (χ4v) is 2.19. The van der Waals surface area contributed by atoms with Gasteiger partial charge in [0, 0.05) is 19.6 Å². The van der Waals surface area contributed by atoms with Crippen LogP contribution in [0.1, 0.15) is 10.4 Å². The van der Waals surface area contributed by atoms with E-state index in [9.17, 15) is 4.79 Å². The first-order chi connectivity index (χ1) is 9.18. The number of ether oxygens (including phenoxy) is 2. The molecule has 1 saturated heterocycles. The average Bonchev–Trinajstić information content (AvgIpc) is 2.39. The van der Waals surface area contributed by atoms with Crippen LogP contribution in [0.5, 0.6) is 5.75 Å². The molecule has 0 spiro atoms. The fourth-order valence-electron chi connectivity index (χ4n) is 1.94. The van der Waals surface area contributed by atoms with Crippen molar-refractivity contribution >= 4 is 17.6 Å². The Morgan fingerprint density at radius 3 is 2.84 bits per heavy atom. The van der Waals surface area contributed by atoms with E-state index in [2.05, 4.69) is 4.90 Å². The van der Waals surface area contributed by atoms with E-state index in [-0.39, 0.29) is 10.6 Å². The van der Waals surface area contributed by atoms with Gasteiger partial charge in [-0.25, -0.2) is 4.79 Å². The van der Waals surface area contributed by atoms with Crippen LogP contribution in [0.15, 0.2) is 18.2 Å². The van der Waals surface area contributed by atoms with Crippen LogP contribution >= 0.6 is 11.6 Å². The van der Waals surface area contributed by atoms with Gasteiger partial charge in [-0.3, -0.25) is 4.90 Å². The minimum absolute atomic E-state index is 0.0196. The predicted molar refractivity (Wildman–Crippen MR) is 71.2 cm³/mol. The number of benzene rings is 1. The third kappa shape index (κ3) is 3.83. The van der Waals surface area contributed by atoms with Gasteiger partial charge in [0.15, 0.2) is 0 Å². The normalized spacial score (nSPS) is 16.3. The van der Waals surface area contributed by atoms with Crippen LogP contribution in [0, 0.1) is 0 Å². The van der Waals surface area contributed by atoms with E-state index in [1.807, 2.05) is 0 Å². The summed E-state index contributed by atoms with van der Waals surface area (Å²) in [5.41, 5.74) is 0.0196. The molecule has 1 aromatic rings. The number of hydrogen-bond acceptors (Lipinski definition) is 4. The van der Waals surface area contributed by atoms with Crippen LogP contribution in [0.25, 0.3) is 0 Å². The van der Waals surface area contributed by atoms with E-state index in [4.69, 9.17) is 26.2 Å². The Morgan fingerprint density at radius 2 is 2.16 bits per heavy atom. The lowest BCUT2D eigenvalue weighted by Crippen LogP contribution is -2.38. The minimum Gasteiger partial charge on any atom is -0.491 e. The summed E-state index contributed by atoms with van der Waals surface area (Å²) >= 11 is 5.86. The standard InChI is InChI=1S/C13H16ClNO4/c14-10-2-1-3-11(12(10)13(16)17)19-9-6-15-4-7-18-8-5-15/h1-3H,4-9H2,(H,16,17). The van der Waals surface area contributed by atoms with E-state index in [0.717, 1.165) is 32.8 Å². The number of aromatic carboxylic acids is 1. The molecule has 0 radical (unpaired) electrons. The molecule has 0 aromatic heterocycles. The van der Waals surface area contributed by atoms with Crippen molar-refractivity contribution in [1.82, 2.24) is 4.90 Å². The number of carboxylic acid groups (broad SMARTS) is 1. The predicted octanol–water partition coefficient (Wildman–Crippen LogP) is 1.75. The number of hydrogen-bond donors (Lipinski definition) is 1. The second-order valence-electron chi connectivity index (χ2n) is 4.22. The molecule has 2 rings (SSSR count). The van der Waals surface area contributed by atoms with Crippen molar-refractivity contribution in [3.63, 3.8) is 0 Å². The number of morpholine rings is 1. The molecule has 104 valence electrons. The smallest absolute Gasteiger partial charge is 0.341 e. The minimum atomic E-state index is -1.08. The van der Waals surface area contributed by atoms with E-state index >= 15 is 0 Å². The second kappa shape index (κ2) is 6.75. The summed E-state index contributed by atoms with van der Waals surface area (Å²) in [6, 6.07) is 4.84. The van der Waals surface area contributed by atoms with Gasteiger partial charge in [-0.2, -0.15) is 0 Å². The molecule has 1 aromatic carbocycles. The van der Waals surface area contributed by atoms with Crippen LogP contribution in [-0.4, -0.2) is 55.4 Å². The molecule has 0 bridgehead atoms. The second-order valence-corrected chi connectivity index (χ2v) is 4.63. The van der Waals surface area contributed by atoms with Crippen LogP contribution in [0.2, 0.25) is 5.02 Å². The van der Waals surface area contributed by atoms with Crippen LogP contribution in [0.3, 0.4) is 0 Å². The zero-order chi connectivity index (χ0) is 13.7. The van der Waals surface area contributed by atoms with Crippen molar-refractivity contribution in [3.05, 3.63) is 28.8 Å². The summed E-state index contributed by atoms with van der Waals surface area (Å²) in [7, 11) is 0. The zero-order valence-electron chi connectivity index (χ0n) is 10.5. The molecule has 19 heavy (non-hydrogen) atoms. The monoisotopic (exact) mass is 285 g/mol. The average molecular weight is 286 g/mol. The molecule has 0 amide bonds. The molecule has 1 N–H and O–H groups in total. The Balaban J connectivity index is 1.92. The van der Waals surface area contributed by atoms with Gasteiger partial charge in [-0.15, -0.1) is 0 Å². The highest BCUT2D eigenvalue weighted by Gasteiger charge is 2.16. The Kier molecular flexibility index (Phi) is 5.01. The van der Waals surface area contributed by atoms with E-state index < -0.39 is 5.97 Å². The summed E-state index contributed by atoms with van der Waals surface area (Å²) in [5, 5.41) is 9.29. The van der Waals surface area contributed by atoms with E-state index in [1.54, 1.807) is 18.2 Å². The molecular weight excluding hydrogens is 270 g/mol. The molecule has 0 saturated carbocycles. The van der Waals surface area contributed by atoms with Crippen molar-refractivity contribution in [2.45, 2.75) is 0 Å². The van der Waals surface area contributed by atoms with Crippen LogP contribution in [-0.2, 0) is 4.74 Å². The van der Waals surface area contributed by atoms with Crippen molar-refractivity contribution in [2.75, 3.05) is 39.5 Å². The highest BCUT2D eigenvalue weighted by atomic mass is 35.5. The lowest BCUT2D eigenvalue weighted by molar-refractivity contribution is 0.0321. The fraction of sp³-hybridized carbons (Fsp3) is 0.462. The summed E-state index contributed by atoms with van der Waals surface area (Å²) in [6.07, 6.45) is 0. The third-order valence-corrected chi connectivity index (χ3v) is 3.27. The SMILES string of the molecule is O=C(O)c1c(Cl)cccc1OCCN1CCOCC1. The molecule has 5 nitrogen and oxygen atoms in total. The number of rotatable bonds is 5. The summed E-state index contributed by atoms with van der Waals surface area (Å²) < 4.78 is 10.8. The van der Waals surface area contributed by atoms with Crippen molar-refractivity contribution in [3.8, 4) is 5.75 Å². The van der Waals surface area contributed by atoms with Gasteiger partial charge in [0.25, 0.3) is 0 Å².